The number of nitrogens with one attached hydrogen (secondary N) is 12. The van der Waals surface area contributed by atoms with E-state index in [2.05, 4.69) is 63.1 Å². The van der Waals surface area contributed by atoms with Crippen LogP contribution in [0.3, 0.4) is 0 Å². The number of carbonyl (C=O) groups is 13. The normalized spacial score (nSPS) is 17.6. The molecule has 0 aliphatic carbocycles. The number of phenolic OH excluding ortho intramolecular Hbond substituents is 1. The Kier molecular flexibility index (Phi) is 34.3. The minimum Gasteiger partial charge on any atom is -0.508 e. The molecule has 2 aromatic rings. The van der Waals surface area contributed by atoms with Gasteiger partial charge in [-0.25, -0.2) is 9.78 Å². The van der Waals surface area contributed by atoms with Gasteiger partial charge in [0.15, 0.2) is 5.96 Å². The van der Waals surface area contributed by atoms with E-state index < -0.39 is 174 Å². The molecule has 101 heavy (non-hydrogen) atoms. The number of rotatable bonds is 42. The fourth-order valence-corrected chi connectivity index (χ4v) is 11.7. The lowest BCUT2D eigenvalue weighted by Crippen LogP contribution is -2.62. The maximum Gasteiger partial charge on any atom is 0.326 e. The number of phenols is 1. The van der Waals surface area contributed by atoms with Crippen molar-refractivity contribution >= 4 is 82.8 Å². The van der Waals surface area contributed by atoms with Crippen LogP contribution in [-0.2, 0) is 75.2 Å². The summed E-state index contributed by atoms with van der Waals surface area (Å²) in [5, 5.41) is 74.5. The molecule has 2 fully saturated rings. The Labute approximate surface area is 586 Å². The highest BCUT2D eigenvalue weighted by atomic mass is 16.4. The van der Waals surface area contributed by atoms with E-state index >= 15 is 0 Å². The maximum atomic E-state index is 14.7. The Morgan fingerprint density at radius 3 is 1.64 bits per heavy atom. The van der Waals surface area contributed by atoms with Crippen molar-refractivity contribution < 1.29 is 82.8 Å². The van der Waals surface area contributed by atoms with Crippen LogP contribution >= 0.6 is 0 Å². The molecule has 0 unspecified atom stereocenters. The van der Waals surface area contributed by atoms with Crippen LogP contribution in [0.25, 0.3) is 0 Å². The third kappa shape index (κ3) is 27.1. The molecule has 1 aromatic carbocycles. The number of carboxylic acid groups (broad SMARTS) is 1. The summed E-state index contributed by atoms with van der Waals surface area (Å²) in [4.78, 5) is 189. The molecule has 13 atom stereocenters. The second kappa shape index (κ2) is 41.3. The molecule has 0 radical (unpaired) electrons. The van der Waals surface area contributed by atoms with Gasteiger partial charge in [-0.3, -0.25) is 62.9 Å². The number of carbonyl (C=O) groups excluding carboxylic acids is 12. The van der Waals surface area contributed by atoms with Crippen LogP contribution in [0.1, 0.15) is 137 Å². The molecule has 562 valence electrons. The molecule has 24 N–H and O–H groups in total. The van der Waals surface area contributed by atoms with Gasteiger partial charge >= 0.3 is 5.97 Å². The van der Waals surface area contributed by atoms with E-state index in [1.807, 2.05) is 0 Å². The first-order valence-electron chi connectivity index (χ1n) is 34.1. The highest BCUT2D eigenvalue weighted by Crippen LogP contribution is 2.24. The number of carboxylic acids is 1. The first-order chi connectivity index (χ1) is 47.6. The van der Waals surface area contributed by atoms with Gasteiger partial charge in [-0.05, 0) is 120 Å². The summed E-state index contributed by atoms with van der Waals surface area (Å²) in [6, 6.07) is -11.5. The third-order valence-corrected chi connectivity index (χ3v) is 17.0. The molecule has 0 spiro atoms. The molecule has 2 aliphatic heterocycles. The van der Waals surface area contributed by atoms with E-state index in [1.54, 1.807) is 41.5 Å². The van der Waals surface area contributed by atoms with E-state index in [9.17, 15) is 82.8 Å². The summed E-state index contributed by atoms with van der Waals surface area (Å²) in [6.07, 6.45) is 1.96. The third-order valence-electron chi connectivity index (χ3n) is 17.0. The van der Waals surface area contributed by atoms with E-state index in [0.29, 0.717) is 31.2 Å². The van der Waals surface area contributed by atoms with Gasteiger partial charge in [-0.1, -0.05) is 53.7 Å². The number of aromatic amines is 1. The SMILES string of the molecule is CC(C)C[C@H](NC(=O)[C@H](Cc1c[nH]cn1)NC(=O)[C@H](CO)NC(=O)[C@H](Cc1ccc(O)cc1)NC(=O)[C@@H](N)CC(N)=O)C(=O)N[C@@H](CCCNC(=N)N)C(=O)N[C@H](C(=O)N[C@@H](CCCCN)C(=O)N[C@@H](CC(C)C)C(=O)N1CCC[C@H]1C(=O)N[C@H](C(=O)N1CCC[C@H]1C(=O)O)[C@@H](C)O)C(C)C. The lowest BCUT2D eigenvalue weighted by atomic mass is 9.99. The van der Waals surface area contributed by atoms with Crippen molar-refractivity contribution in [3.8, 4) is 5.75 Å². The highest BCUT2D eigenvalue weighted by Gasteiger charge is 2.44. The Morgan fingerprint density at radius 1 is 0.604 bits per heavy atom. The first kappa shape index (κ1) is 83.9. The molecule has 0 bridgehead atoms. The number of primary amides is 1. The lowest BCUT2D eigenvalue weighted by molar-refractivity contribution is -0.151. The summed E-state index contributed by atoms with van der Waals surface area (Å²) >= 11 is 0. The predicted molar refractivity (Wildman–Crippen MR) is 365 cm³/mol. The largest absolute Gasteiger partial charge is 0.508 e. The van der Waals surface area contributed by atoms with Crippen molar-refractivity contribution in [2.24, 2.45) is 40.7 Å². The lowest BCUT2D eigenvalue weighted by Gasteiger charge is -2.33. The Morgan fingerprint density at radius 2 is 1.10 bits per heavy atom. The number of aliphatic carboxylic acids is 1. The second-order valence-corrected chi connectivity index (χ2v) is 26.7. The van der Waals surface area contributed by atoms with Crippen molar-refractivity contribution in [3.05, 3.63) is 48.0 Å². The van der Waals surface area contributed by atoms with Crippen molar-refractivity contribution in [2.75, 3.05) is 32.8 Å². The highest BCUT2D eigenvalue weighted by molar-refractivity contribution is 6.00. The molecule has 2 saturated heterocycles. The number of nitrogens with two attached hydrogens (primary N) is 4. The molecule has 36 nitrogen and oxygen atoms in total. The van der Waals surface area contributed by atoms with Crippen LogP contribution in [0.5, 0.6) is 5.75 Å². The van der Waals surface area contributed by atoms with Crippen molar-refractivity contribution in [3.63, 3.8) is 0 Å². The zero-order chi connectivity index (χ0) is 75.4. The summed E-state index contributed by atoms with van der Waals surface area (Å²) in [5.41, 5.74) is 23.1. The number of guanidine groups is 1. The van der Waals surface area contributed by atoms with E-state index in [-0.39, 0.29) is 113 Å². The van der Waals surface area contributed by atoms with Crippen molar-refractivity contribution in [2.45, 2.75) is 217 Å². The number of aliphatic hydroxyl groups is 2. The van der Waals surface area contributed by atoms with Crippen molar-refractivity contribution in [1.82, 2.24) is 72.9 Å². The number of amides is 12. The smallest absolute Gasteiger partial charge is 0.326 e. The number of benzene rings is 1. The van der Waals surface area contributed by atoms with Gasteiger partial charge in [-0.15, -0.1) is 0 Å². The summed E-state index contributed by atoms with van der Waals surface area (Å²) < 4.78 is 0. The summed E-state index contributed by atoms with van der Waals surface area (Å²) in [5.74, 6) is -13.5. The van der Waals surface area contributed by atoms with E-state index in [0.717, 1.165) is 4.90 Å². The minimum atomic E-state index is -1.79. The van der Waals surface area contributed by atoms with Crippen molar-refractivity contribution in [1.29, 1.82) is 5.41 Å². The quantitative estimate of drug-likeness (QED) is 0.0168. The number of H-pyrrole nitrogens is 1. The monoisotopic (exact) mass is 1420 g/mol. The van der Waals surface area contributed by atoms with Gasteiger partial charge in [-0.2, -0.15) is 0 Å². The first-order valence-corrected chi connectivity index (χ1v) is 34.1. The fraction of sp³-hybridized carbons (Fsp3) is 0.646. The van der Waals surface area contributed by atoms with Crippen LogP contribution in [0.4, 0.5) is 0 Å². The number of hydrogen-bond donors (Lipinski definition) is 20. The minimum absolute atomic E-state index is 0.0110. The molecular formula is C65H105N19O17. The summed E-state index contributed by atoms with van der Waals surface area (Å²) in [7, 11) is 0. The molecular weight excluding hydrogens is 1320 g/mol. The standard InChI is InChI=1S/C65H105N19O17/c1-33(2)25-43(77-58(94)45(28-38-30-71-32-73-38)78-59(95)47(31-85)80-57(93)44(27-37-17-19-39(87)20-18-37)76-53(89)40(67)29-50(68)88)56(92)74-42(14-10-22-72-65(69)70)55(91)81-51(35(5)6)61(97)75-41(13-8-9-21-66)54(90)79-46(26-34(3)4)62(98)83-23-11-15-48(83)60(96)82-52(36(7)86)63(99)84-24-12-16-49(84)64(100)101/h17-20,30,32-36,40-49,51-52,85-87H,8-16,21-29,31,66-67H2,1-7H3,(H2,68,88)(H,71,73)(H,74,92)(H,75,97)(H,76,89)(H,77,94)(H,78,95)(H,79,90)(H,80,93)(H,81,91)(H,82,96)(H,100,101)(H4,69,70,72)/t36-,40+,41+,42+,43+,44+,45+,46+,47+,48+,49+,51+,52+/m1/s1. The average molecular weight is 1420 g/mol. The maximum absolute atomic E-state index is 14.7. The zero-order valence-electron chi connectivity index (χ0n) is 58.4. The van der Waals surface area contributed by atoms with Crippen LogP contribution in [-0.4, -0.2) is 234 Å². The van der Waals surface area contributed by atoms with E-state index in [4.69, 9.17) is 28.3 Å². The number of nitrogens with zero attached hydrogens (tertiary/aromatic N) is 3. The van der Waals surface area contributed by atoms with Crippen LogP contribution < -0.4 is 76.1 Å². The van der Waals surface area contributed by atoms with Gasteiger partial charge in [0.1, 0.15) is 72.2 Å². The number of likely N-dealkylation sites (tertiary alicyclic amines) is 2. The number of unbranched alkanes of at least 4 members (excludes halogenated alkanes) is 1. The van der Waals surface area contributed by atoms with Gasteiger partial charge in [0.25, 0.3) is 0 Å². The van der Waals surface area contributed by atoms with Crippen LogP contribution in [0.2, 0.25) is 0 Å². The van der Waals surface area contributed by atoms with Crippen LogP contribution in [0, 0.1) is 23.2 Å². The van der Waals surface area contributed by atoms with Gasteiger partial charge in [0.05, 0.1) is 37.2 Å². The number of aromatic nitrogens is 2. The average Bonchev–Trinajstić information content (AvgIpc) is 1.80. The molecule has 4 rings (SSSR count). The molecule has 12 amide bonds. The Balaban J connectivity index is 1.57. The molecule has 2 aliphatic rings. The predicted octanol–water partition coefficient (Wildman–Crippen LogP) is -4.95. The van der Waals surface area contributed by atoms with E-state index in [1.165, 1.54) is 48.6 Å². The second-order valence-electron chi connectivity index (χ2n) is 26.7. The van der Waals surface area contributed by atoms with Gasteiger partial charge in [0, 0.05) is 38.7 Å². The Bertz CT molecular complexity index is 3150. The Hall–Kier alpha value is -9.55. The molecule has 0 saturated carbocycles. The fourth-order valence-electron chi connectivity index (χ4n) is 11.7. The number of aromatic hydroxyl groups is 1. The summed E-state index contributed by atoms with van der Waals surface area (Å²) in [6.45, 7) is 11.0. The molecule has 36 heteroatoms. The van der Waals surface area contributed by atoms with Gasteiger partial charge < -0.3 is 111 Å². The molecule has 1 aromatic heterocycles. The topological polar surface area (TPSA) is 586 Å². The van der Waals surface area contributed by atoms with Gasteiger partial charge in [0.2, 0.25) is 70.9 Å². The number of aliphatic hydroxyl groups excluding tert-OH is 2. The number of imidazole rings is 1. The molecule has 3 heterocycles. The number of hydrogen-bond acceptors (Lipinski definition) is 20. The van der Waals surface area contributed by atoms with Crippen LogP contribution in [0.15, 0.2) is 36.8 Å². The zero-order valence-corrected chi connectivity index (χ0v) is 58.4.